The Morgan fingerprint density at radius 1 is 1.44 bits per heavy atom. The van der Waals surface area contributed by atoms with Gasteiger partial charge in [0.15, 0.2) is 0 Å². The first kappa shape index (κ1) is 11.7. The molecule has 0 aromatic heterocycles. The maximum atomic E-state index is 6.30. The summed E-state index contributed by atoms with van der Waals surface area (Å²) in [7, 11) is 1.68. The van der Waals surface area contributed by atoms with Gasteiger partial charge in [-0.25, -0.2) is 0 Å². The Bertz CT molecular complexity index is 416. The van der Waals surface area contributed by atoms with Gasteiger partial charge in [-0.1, -0.05) is 31.5 Å². The molecule has 1 aliphatic carbocycles. The molecule has 0 radical (unpaired) electrons. The van der Waals surface area contributed by atoms with Crippen molar-refractivity contribution in [3.05, 3.63) is 28.8 Å². The van der Waals surface area contributed by atoms with Gasteiger partial charge in [-0.05, 0) is 24.0 Å². The van der Waals surface area contributed by atoms with Crippen LogP contribution in [0.3, 0.4) is 0 Å². The average Bonchev–Trinajstić information content (AvgIpc) is 2.81. The van der Waals surface area contributed by atoms with Crippen molar-refractivity contribution in [2.24, 2.45) is 11.1 Å². The summed E-state index contributed by atoms with van der Waals surface area (Å²) >= 11 is 6.30. The molecule has 1 atom stereocenters. The Kier molecular flexibility index (Phi) is 2.67. The van der Waals surface area contributed by atoms with Gasteiger partial charge in [-0.15, -0.1) is 0 Å². The van der Waals surface area contributed by atoms with Gasteiger partial charge in [0.2, 0.25) is 0 Å². The third-order valence-corrected chi connectivity index (χ3v) is 4.25. The zero-order valence-electron chi connectivity index (χ0n) is 10.0. The van der Waals surface area contributed by atoms with E-state index in [9.17, 15) is 0 Å². The molecule has 0 aliphatic heterocycles. The summed E-state index contributed by atoms with van der Waals surface area (Å²) in [5.41, 5.74) is 7.22. The normalized spacial score (nSPS) is 26.6. The van der Waals surface area contributed by atoms with Crippen molar-refractivity contribution in [3.8, 4) is 5.75 Å². The molecule has 1 fully saturated rings. The van der Waals surface area contributed by atoms with Crippen LogP contribution in [-0.4, -0.2) is 13.7 Å². The van der Waals surface area contributed by atoms with E-state index in [2.05, 4.69) is 13.8 Å². The standard InChI is InChI=1S/C13H18ClNO/c1-12(2)7-13(12,8-15)11-9(14)5-4-6-10(11)16-3/h4-6H,7-8,15H2,1-3H3. The molecule has 88 valence electrons. The molecule has 1 aromatic rings. The van der Waals surface area contributed by atoms with Crippen molar-refractivity contribution in [1.29, 1.82) is 0 Å². The van der Waals surface area contributed by atoms with Crippen LogP contribution in [0.2, 0.25) is 5.02 Å². The summed E-state index contributed by atoms with van der Waals surface area (Å²) in [5.74, 6) is 0.850. The van der Waals surface area contributed by atoms with Crippen molar-refractivity contribution in [2.45, 2.75) is 25.7 Å². The first-order valence-electron chi connectivity index (χ1n) is 5.51. The van der Waals surface area contributed by atoms with Gasteiger partial charge in [-0.2, -0.15) is 0 Å². The monoisotopic (exact) mass is 239 g/mol. The molecule has 0 amide bonds. The molecule has 2 nitrogen and oxygen atoms in total. The predicted octanol–water partition coefficient (Wildman–Crippen LogP) is 2.98. The number of nitrogens with two attached hydrogens (primary N) is 1. The summed E-state index contributed by atoms with van der Waals surface area (Å²) < 4.78 is 5.41. The van der Waals surface area contributed by atoms with Crippen molar-refractivity contribution < 1.29 is 4.74 Å². The first-order valence-corrected chi connectivity index (χ1v) is 5.89. The number of benzene rings is 1. The molecule has 0 bridgehead atoms. The van der Waals surface area contributed by atoms with Crippen LogP contribution in [0.15, 0.2) is 18.2 Å². The predicted molar refractivity (Wildman–Crippen MR) is 67.1 cm³/mol. The van der Waals surface area contributed by atoms with Crippen molar-refractivity contribution >= 4 is 11.6 Å². The molecule has 1 aromatic carbocycles. The highest BCUT2D eigenvalue weighted by molar-refractivity contribution is 6.31. The number of halogens is 1. The smallest absolute Gasteiger partial charge is 0.124 e. The number of hydrogen-bond donors (Lipinski definition) is 1. The molecular weight excluding hydrogens is 222 g/mol. The lowest BCUT2D eigenvalue weighted by Gasteiger charge is -2.22. The lowest BCUT2D eigenvalue weighted by atomic mass is 9.87. The zero-order chi connectivity index (χ0) is 12.0. The molecule has 0 spiro atoms. The lowest BCUT2D eigenvalue weighted by Crippen LogP contribution is -2.26. The molecule has 3 heteroatoms. The minimum Gasteiger partial charge on any atom is -0.496 e. The SMILES string of the molecule is COc1cccc(Cl)c1C1(CN)CC1(C)C. The van der Waals surface area contributed by atoms with E-state index in [4.69, 9.17) is 22.1 Å². The van der Waals surface area contributed by atoms with Crippen LogP contribution < -0.4 is 10.5 Å². The van der Waals surface area contributed by atoms with E-state index in [-0.39, 0.29) is 10.8 Å². The van der Waals surface area contributed by atoms with Gasteiger partial charge in [0.25, 0.3) is 0 Å². The largest absolute Gasteiger partial charge is 0.496 e. The van der Waals surface area contributed by atoms with Gasteiger partial charge in [0.1, 0.15) is 5.75 Å². The highest BCUT2D eigenvalue weighted by Gasteiger charge is 2.62. The number of rotatable bonds is 3. The third kappa shape index (κ3) is 1.44. The van der Waals surface area contributed by atoms with E-state index in [0.29, 0.717) is 6.54 Å². The van der Waals surface area contributed by atoms with Crippen molar-refractivity contribution in [1.82, 2.24) is 0 Å². The van der Waals surface area contributed by atoms with Crippen LogP contribution in [0.4, 0.5) is 0 Å². The van der Waals surface area contributed by atoms with Gasteiger partial charge in [0.05, 0.1) is 7.11 Å². The highest BCUT2D eigenvalue weighted by Crippen LogP contribution is 2.66. The van der Waals surface area contributed by atoms with Gasteiger partial charge < -0.3 is 10.5 Å². The van der Waals surface area contributed by atoms with E-state index >= 15 is 0 Å². The Balaban J connectivity index is 2.56. The lowest BCUT2D eigenvalue weighted by molar-refractivity contribution is 0.395. The van der Waals surface area contributed by atoms with Crippen LogP contribution in [0, 0.1) is 5.41 Å². The maximum Gasteiger partial charge on any atom is 0.124 e. The second-order valence-corrected chi connectivity index (χ2v) is 5.57. The Hall–Kier alpha value is -0.730. The Morgan fingerprint density at radius 2 is 2.06 bits per heavy atom. The maximum absolute atomic E-state index is 6.30. The van der Waals surface area contributed by atoms with Crippen LogP contribution in [0.1, 0.15) is 25.8 Å². The fourth-order valence-corrected chi connectivity index (χ4v) is 3.07. The molecular formula is C13H18ClNO. The van der Waals surface area contributed by atoms with Crippen LogP contribution in [-0.2, 0) is 5.41 Å². The van der Waals surface area contributed by atoms with E-state index in [1.807, 2.05) is 18.2 Å². The number of ether oxygens (including phenoxy) is 1. The Labute approximate surface area is 102 Å². The minimum atomic E-state index is -0.0172. The van der Waals surface area contributed by atoms with E-state index in [1.165, 1.54) is 0 Å². The van der Waals surface area contributed by atoms with Gasteiger partial charge in [-0.3, -0.25) is 0 Å². The highest BCUT2D eigenvalue weighted by atomic mass is 35.5. The Morgan fingerprint density at radius 3 is 2.50 bits per heavy atom. The molecule has 1 saturated carbocycles. The molecule has 0 saturated heterocycles. The van der Waals surface area contributed by atoms with Gasteiger partial charge in [0, 0.05) is 22.5 Å². The number of methoxy groups -OCH3 is 1. The molecule has 1 unspecified atom stereocenters. The first-order chi connectivity index (χ1) is 7.48. The van der Waals surface area contributed by atoms with E-state index in [0.717, 1.165) is 22.8 Å². The minimum absolute atomic E-state index is 0.0172. The van der Waals surface area contributed by atoms with Crippen molar-refractivity contribution in [3.63, 3.8) is 0 Å². The fourth-order valence-electron chi connectivity index (χ4n) is 2.73. The summed E-state index contributed by atoms with van der Waals surface area (Å²) in [4.78, 5) is 0. The van der Waals surface area contributed by atoms with E-state index < -0.39 is 0 Å². The molecule has 2 N–H and O–H groups in total. The second kappa shape index (κ2) is 3.64. The van der Waals surface area contributed by atoms with Gasteiger partial charge >= 0.3 is 0 Å². The van der Waals surface area contributed by atoms with Crippen LogP contribution >= 0.6 is 11.6 Å². The van der Waals surface area contributed by atoms with Crippen molar-refractivity contribution in [2.75, 3.05) is 13.7 Å². The second-order valence-electron chi connectivity index (χ2n) is 5.16. The fraction of sp³-hybridized carbons (Fsp3) is 0.538. The van der Waals surface area contributed by atoms with Crippen LogP contribution in [0.5, 0.6) is 5.75 Å². The summed E-state index contributed by atoms with van der Waals surface area (Å²) in [5, 5.41) is 0.760. The topological polar surface area (TPSA) is 35.2 Å². The molecule has 1 aliphatic rings. The quantitative estimate of drug-likeness (QED) is 0.880. The van der Waals surface area contributed by atoms with E-state index in [1.54, 1.807) is 7.11 Å². The number of hydrogen-bond acceptors (Lipinski definition) is 2. The molecule has 0 heterocycles. The van der Waals surface area contributed by atoms with Crippen LogP contribution in [0.25, 0.3) is 0 Å². The zero-order valence-corrected chi connectivity index (χ0v) is 10.8. The molecule has 2 rings (SSSR count). The summed E-state index contributed by atoms with van der Waals surface area (Å²) in [6.45, 7) is 5.06. The summed E-state index contributed by atoms with van der Waals surface area (Å²) in [6.07, 6.45) is 1.07. The summed E-state index contributed by atoms with van der Waals surface area (Å²) in [6, 6.07) is 5.77. The third-order valence-electron chi connectivity index (χ3n) is 3.94. The molecule has 16 heavy (non-hydrogen) atoms. The average molecular weight is 240 g/mol.